The molecule has 2 aromatic heterocycles. The summed E-state index contributed by atoms with van der Waals surface area (Å²) in [6, 6.07) is 9.09. The van der Waals surface area contributed by atoms with Crippen LogP contribution >= 0.6 is 7.60 Å². The van der Waals surface area contributed by atoms with Gasteiger partial charge in [-0.05, 0) is 26.0 Å². The molecule has 0 saturated heterocycles. The Balaban J connectivity index is 2.24. The second kappa shape index (κ2) is 7.53. The number of aromatic nitrogens is 4. The van der Waals surface area contributed by atoms with Crippen LogP contribution in [-0.4, -0.2) is 32.5 Å². The van der Waals surface area contributed by atoms with E-state index in [0.29, 0.717) is 22.5 Å². The molecule has 0 unspecified atom stereocenters. The molecule has 0 aliphatic rings. The van der Waals surface area contributed by atoms with Crippen LogP contribution in [0.4, 0.5) is 0 Å². The van der Waals surface area contributed by atoms with Crippen molar-refractivity contribution in [1.82, 2.24) is 19.3 Å². The molecule has 0 radical (unpaired) electrons. The summed E-state index contributed by atoms with van der Waals surface area (Å²) in [4.78, 5) is 17.6. The summed E-state index contributed by atoms with van der Waals surface area (Å²) in [5.41, 5.74) is 0.783. The minimum atomic E-state index is -3.43. The molecule has 2 heterocycles. The molecule has 1 aromatic carbocycles. The molecule has 3 aromatic rings. The monoisotopic (exact) mass is 376 g/mol. The van der Waals surface area contributed by atoms with E-state index in [0.717, 1.165) is 0 Å². The average Bonchev–Trinajstić information content (AvgIpc) is 2.97. The average molecular weight is 376 g/mol. The summed E-state index contributed by atoms with van der Waals surface area (Å²) >= 11 is 0. The maximum atomic E-state index is 13.1. The van der Waals surface area contributed by atoms with Gasteiger partial charge in [0.05, 0.1) is 25.1 Å². The smallest absolute Gasteiger partial charge is 0.309 e. The van der Waals surface area contributed by atoms with Gasteiger partial charge < -0.3 is 9.05 Å². The molecule has 0 amide bonds. The molecular formula is C17H21N4O4P. The Morgan fingerprint density at radius 1 is 1.12 bits per heavy atom. The predicted molar refractivity (Wildman–Crippen MR) is 98.7 cm³/mol. The topological polar surface area (TPSA) is 88.2 Å². The summed E-state index contributed by atoms with van der Waals surface area (Å²) in [7, 11) is -1.73. The summed E-state index contributed by atoms with van der Waals surface area (Å²) in [6.07, 6.45) is 1.37. The third kappa shape index (κ3) is 3.49. The predicted octanol–water partition coefficient (Wildman–Crippen LogP) is 2.89. The van der Waals surface area contributed by atoms with Crippen molar-refractivity contribution in [2.24, 2.45) is 7.05 Å². The second-order valence-corrected chi connectivity index (χ2v) is 7.67. The highest BCUT2D eigenvalue weighted by atomic mass is 31.2. The number of rotatable bonds is 7. The number of aryl methyl sites for hydroxylation is 1. The van der Waals surface area contributed by atoms with Crippen LogP contribution in [0.3, 0.4) is 0 Å². The third-order valence-corrected chi connectivity index (χ3v) is 5.81. The molecule has 138 valence electrons. The van der Waals surface area contributed by atoms with Crippen molar-refractivity contribution in [3.63, 3.8) is 0 Å². The van der Waals surface area contributed by atoms with Gasteiger partial charge in [0.25, 0.3) is 5.56 Å². The lowest BCUT2D eigenvalue weighted by Crippen LogP contribution is -2.24. The summed E-state index contributed by atoms with van der Waals surface area (Å²) < 4.78 is 26.7. The number of benzene rings is 1. The van der Waals surface area contributed by atoms with Gasteiger partial charge in [0.15, 0.2) is 5.65 Å². The first-order valence-electron chi connectivity index (χ1n) is 8.36. The first-order valence-corrected chi connectivity index (χ1v) is 10.1. The fourth-order valence-corrected chi connectivity index (χ4v) is 4.37. The Kier molecular flexibility index (Phi) is 5.36. The van der Waals surface area contributed by atoms with Crippen molar-refractivity contribution in [2.45, 2.75) is 20.0 Å². The van der Waals surface area contributed by atoms with E-state index < -0.39 is 7.60 Å². The minimum Gasteiger partial charge on any atom is -0.309 e. The molecule has 0 atom stereocenters. The third-order valence-electron chi connectivity index (χ3n) is 3.84. The van der Waals surface area contributed by atoms with Crippen LogP contribution in [-0.2, 0) is 26.8 Å². The molecule has 0 spiro atoms. The molecule has 0 aliphatic carbocycles. The second-order valence-electron chi connectivity index (χ2n) is 5.61. The normalized spacial score (nSPS) is 12.0. The molecule has 26 heavy (non-hydrogen) atoms. The first kappa shape index (κ1) is 18.5. The SMILES string of the molecule is CCOP(=O)(Cc1nc2c(cnn2C)c(=O)n1-c1ccccc1)OCC. The van der Waals surface area contributed by atoms with E-state index in [2.05, 4.69) is 10.1 Å². The molecule has 0 N–H and O–H groups in total. The lowest BCUT2D eigenvalue weighted by atomic mass is 10.3. The van der Waals surface area contributed by atoms with Gasteiger partial charge in [-0.3, -0.25) is 18.6 Å². The maximum Gasteiger partial charge on any atom is 0.338 e. The van der Waals surface area contributed by atoms with E-state index in [4.69, 9.17) is 9.05 Å². The summed E-state index contributed by atoms with van der Waals surface area (Å²) in [5, 5.41) is 4.50. The van der Waals surface area contributed by atoms with Gasteiger partial charge in [0.2, 0.25) is 0 Å². The molecule has 0 fully saturated rings. The highest BCUT2D eigenvalue weighted by Gasteiger charge is 2.28. The Morgan fingerprint density at radius 2 is 1.77 bits per heavy atom. The van der Waals surface area contributed by atoms with Crippen LogP contribution in [0.5, 0.6) is 0 Å². The van der Waals surface area contributed by atoms with Gasteiger partial charge in [0, 0.05) is 7.05 Å². The lowest BCUT2D eigenvalue weighted by molar-refractivity contribution is 0.218. The Morgan fingerprint density at radius 3 is 2.38 bits per heavy atom. The molecule has 0 saturated carbocycles. The fraction of sp³-hybridized carbons (Fsp3) is 0.353. The lowest BCUT2D eigenvalue weighted by Gasteiger charge is -2.19. The quantitative estimate of drug-likeness (QED) is 0.589. The van der Waals surface area contributed by atoms with Crippen LogP contribution in [0.15, 0.2) is 41.3 Å². The van der Waals surface area contributed by atoms with Gasteiger partial charge in [-0.15, -0.1) is 0 Å². The number of hydrogen-bond acceptors (Lipinski definition) is 6. The standard InChI is InChI=1S/C17H21N4O4P/c1-4-24-26(23,25-5-2)12-15-19-16-14(11-18-20(16)3)17(22)21(15)13-9-7-6-8-10-13/h6-11H,4-5,12H2,1-3H3. The van der Waals surface area contributed by atoms with Crippen LogP contribution in [0, 0.1) is 0 Å². The van der Waals surface area contributed by atoms with Crippen molar-refractivity contribution in [2.75, 3.05) is 13.2 Å². The molecule has 3 rings (SSSR count). The van der Waals surface area contributed by atoms with Crippen molar-refractivity contribution in [1.29, 1.82) is 0 Å². The van der Waals surface area contributed by atoms with Gasteiger partial charge in [-0.2, -0.15) is 5.10 Å². The van der Waals surface area contributed by atoms with E-state index in [1.54, 1.807) is 33.0 Å². The van der Waals surface area contributed by atoms with E-state index in [1.165, 1.54) is 15.4 Å². The van der Waals surface area contributed by atoms with Crippen molar-refractivity contribution in [3.8, 4) is 5.69 Å². The van der Waals surface area contributed by atoms with Gasteiger partial charge in [0.1, 0.15) is 17.4 Å². The zero-order valence-electron chi connectivity index (χ0n) is 15.0. The maximum absolute atomic E-state index is 13.1. The Labute approximate surface area is 150 Å². The zero-order valence-corrected chi connectivity index (χ0v) is 15.8. The highest BCUT2D eigenvalue weighted by molar-refractivity contribution is 7.53. The van der Waals surface area contributed by atoms with Crippen LogP contribution in [0.2, 0.25) is 0 Å². The van der Waals surface area contributed by atoms with E-state index >= 15 is 0 Å². The van der Waals surface area contributed by atoms with E-state index in [-0.39, 0.29) is 24.9 Å². The number of para-hydroxylation sites is 1. The van der Waals surface area contributed by atoms with Gasteiger partial charge in [-0.25, -0.2) is 4.98 Å². The Hall–Kier alpha value is -2.28. The van der Waals surface area contributed by atoms with Crippen molar-refractivity contribution in [3.05, 3.63) is 52.7 Å². The number of hydrogen-bond donors (Lipinski definition) is 0. The molecule has 0 bridgehead atoms. The van der Waals surface area contributed by atoms with Crippen LogP contribution in [0.1, 0.15) is 19.7 Å². The molecule has 0 aliphatic heterocycles. The molecular weight excluding hydrogens is 355 g/mol. The molecule has 8 nitrogen and oxygen atoms in total. The van der Waals surface area contributed by atoms with Gasteiger partial charge >= 0.3 is 7.60 Å². The fourth-order valence-electron chi connectivity index (χ4n) is 2.77. The van der Waals surface area contributed by atoms with Crippen molar-refractivity contribution >= 4 is 18.6 Å². The van der Waals surface area contributed by atoms with Crippen molar-refractivity contribution < 1.29 is 13.6 Å². The molecule has 9 heteroatoms. The Bertz CT molecular complexity index is 1000. The highest BCUT2D eigenvalue weighted by Crippen LogP contribution is 2.51. The summed E-state index contributed by atoms with van der Waals surface area (Å²) in [5.74, 6) is 0.308. The number of nitrogens with zero attached hydrogens (tertiary/aromatic N) is 4. The van der Waals surface area contributed by atoms with Crippen LogP contribution < -0.4 is 5.56 Å². The zero-order chi connectivity index (χ0) is 18.7. The van der Waals surface area contributed by atoms with E-state index in [1.807, 2.05) is 18.2 Å². The first-order chi connectivity index (χ1) is 12.5. The largest absolute Gasteiger partial charge is 0.338 e. The summed E-state index contributed by atoms with van der Waals surface area (Å²) in [6.45, 7) is 3.96. The van der Waals surface area contributed by atoms with Crippen LogP contribution in [0.25, 0.3) is 16.7 Å². The number of fused-ring (bicyclic) bond motifs is 1. The van der Waals surface area contributed by atoms with Gasteiger partial charge in [-0.1, -0.05) is 18.2 Å². The van der Waals surface area contributed by atoms with E-state index in [9.17, 15) is 9.36 Å². The minimum absolute atomic E-state index is 0.111.